The third-order valence-corrected chi connectivity index (χ3v) is 5.59. The van der Waals surface area contributed by atoms with E-state index in [4.69, 9.17) is 21.3 Å². The molecule has 0 bridgehead atoms. The maximum absolute atomic E-state index is 9.88. The number of rotatable bonds is 8. The highest BCUT2D eigenvalue weighted by Gasteiger charge is 2.20. The van der Waals surface area contributed by atoms with Gasteiger partial charge in [0.25, 0.3) is 0 Å². The molecular weight excluding hydrogens is 539 g/mol. The molecule has 0 amide bonds. The fourth-order valence-corrected chi connectivity index (χ4v) is 3.82. The van der Waals surface area contributed by atoms with Crippen molar-refractivity contribution in [3.05, 3.63) is 58.6 Å². The highest BCUT2D eigenvalue weighted by Crippen LogP contribution is 2.27. The summed E-state index contributed by atoms with van der Waals surface area (Å²) in [6, 6.07) is 13.9. The Bertz CT molecular complexity index is 856. The molecule has 1 aliphatic rings. The molecule has 1 aliphatic heterocycles. The number of aliphatic imine (C=N–C) groups is 1. The normalized spacial score (nSPS) is 15.2. The van der Waals surface area contributed by atoms with Crippen LogP contribution in [0.4, 0.5) is 0 Å². The smallest absolute Gasteiger partial charge is 0.191 e. The lowest BCUT2D eigenvalue weighted by molar-refractivity contribution is 0.198. The van der Waals surface area contributed by atoms with Gasteiger partial charge in [0.2, 0.25) is 0 Å². The summed E-state index contributed by atoms with van der Waals surface area (Å²) in [4.78, 5) is 7.22. The summed E-state index contributed by atoms with van der Waals surface area (Å²) in [5, 5.41) is 17.6. The van der Waals surface area contributed by atoms with Gasteiger partial charge in [0.05, 0.1) is 13.2 Å². The molecule has 0 radical (unpaired) electrons. The lowest BCUT2D eigenvalue weighted by Crippen LogP contribution is -2.48. The Morgan fingerprint density at radius 3 is 2.47 bits per heavy atom. The molecule has 32 heavy (non-hydrogen) atoms. The van der Waals surface area contributed by atoms with Gasteiger partial charge in [-0.05, 0) is 62.1 Å². The molecular formula is C24H34ClIN4O2. The van der Waals surface area contributed by atoms with Crippen LogP contribution < -0.4 is 15.4 Å². The van der Waals surface area contributed by atoms with Gasteiger partial charge in [-0.15, -0.1) is 24.0 Å². The van der Waals surface area contributed by atoms with Crippen LogP contribution >= 0.6 is 35.6 Å². The van der Waals surface area contributed by atoms with Gasteiger partial charge in [-0.25, -0.2) is 4.99 Å². The summed E-state index contributed by atoms with van der Waals surface area (Å²) in [6.45, 7) is 8.87. The van der Waals surface area contributed by atoms with Crippen LogP contribution in [-0.2, 0) is 13.1 Å². The Morgan fingerprint density at radius 1 is 1.12 bits per heavy atom. The fraction of sp³-hybridized carbons (Fsp3) is 0.458. The average molecular weight is 573 g/mol. The highest BCUT2D eigenvalue weighted by atomic mass is 127. The lowest BCUT2D eigenvalue weighted by Gasteiger charge is -2.33. The molecule has 0 spiro atoms. The van der Waals surface area contributed by atoms with Crippen LogP contribution in [0.2, 0.25) is 5.02 Å². The second-order valence-corrected chi connectivity index (χ2v) is 8.19. The van der Waals surface area contributed by atoms with Crippen molar-refractivity contribution in [2.24, 2.45) is 4.99 Å². The monoisotopic (exact) mass is 572 g/mol. The molecule has 2 aromatic rings. The Kier molecular flexibility index (Phi) is 11.4. The molecule has 0 aliphatic carbocycles. The van der Waals surface area contributed by atoms with Gasteiger partial charge in [0.1, 0.15) is 0 Å². The van der Waals surface area contributed by atoms with Crippen LogP contribution in [0.5, 0.6) is 11.5 Å². The summed E-state index contributed by atoms with van der Waals surface area (Å²) in [5.74, 6) is 1.48. The Hall–Kier alpha value is -1.71. The maximum Gasteiger partial charge on any atom is 0.191 e. The molecule has 0 saturated carbocycles. The van der Waals surface area contributed by atoms with Crippen LogP contribution in [0.1, 0.15) is 37.8 Å². The quantitative estimate of drug-likeness (QED) is 0.241. The van der Waals surface area contributed by atoms with Gasteiger partial charge in [-0.2, -0.15) is 0 Å². The number of benzene rings is 2. The van der Waals surface area contributed by atoms with Gasteiger partial charge in [0, 0.05) is 37.2 Å². The van der Waals surface area contributed by atoms with Gasteiger partial charge >= 0.3 is 0 Å². The number of piperidine rings is 1. The molecule has 6 nitrogen and oxygen atoms in total. The third-order valence-electron chi connectivity index (χ3n) is 5.34. The summed E-state index contributed by atoms with van der Waals surface area (Å²) >= 11 is 5.98. The van der Waals surface area contributed by atoms with Gasteiger partial charge < -0.3 is 20.5 Å². The Balaban J connectivity index is 0.00000363. The number of halogens is 2. The average Bonchev–Trinajstić information content (AvgIpc) is 2.77. The first kappa shape index (κ1) is 26.5. The van der Waals surface area contributed by atoms with Crippen molar-refractivity contribution in [2.75, 3.05) is 26.2 Å². The second kappa shape index (κ2) is 13.7. The van der Waals surface area contributed by atoms with E-state index in [9.17, 15) is 5.11 Å². The molecule has 1 heterocycles. The number of phenols is 1. The second-order valence-electron chi connectivity index (χ2n) is 7.75. The van der Waals surface area contributed by atoms with Crippen LogP contribution in [0.15, 0.2) is 47.5 Å². The van der Waals surface area contributed by atoms with E-state index in [1.54, 1.807) is 6.07 Å². The number of hydrogen-bond acceptors (Lipinski definition) is 4. The molecule has 176 valence electrons. The predicted molar refractivity (Wildman–Crippen MR) is 142 cm³/mol. The van der Waals surface area contributed by atoms with E-state index in [1.807, 2.05) is 31.2 Å². The Morgan fingerprint density at radius 2 is 1.81 bits per heavy atom. The zero-order chi connectivity index (χ0) is 22.1. The predicted octanol–water partition coefficient (Wildman–Crippen LogP) is 4.78. The molecule has 8 heteroatoms. The molecule has 1 fully saturated rings. The SMILES string of the molecule is CCNC(=NCc1ccc(O)c(OCC)c1)NC1CCN(Cc2ccc(Cl)cc2)CC1.I. The number of aromatic hydroxyl groups is 1. The van der Waals surface area contributed by atoms with Crippen molar-refractivity contribution in [3.8, 4) is 11.5 Å². The minimum atomic E-state index is 0. The zero-order valence-electron chi connectivity index (χ0n) is 18.8. The first-order valence-corrected chi connectivity index (χ1v) is 11.4. The molecule has 2 aromatic carbocycles. The third kappa shape index (κ3) is 8.33. The standard InChI is InChI=1S/C24H33ClN4O2.HI/c1-3-26-24(27-16-19-7-10-22(30)23(15-19)31-4-2)28-21-11-13-29(14-12-21)17-18-5-8-20(25)9-6-18;/h5-10,15,21,30H,3-4,11-14,16-17H2,1-2H3,(H2,26,27,28);1H. The molecule has 0 unspecified atom stereocenters. The van der Waals surface area contributed by atoms with Crippen molar-refractivity contribution in [1.82, 2.24) is 15.5 Å². The first-order valence-electron chi connectivity index (χ1n) is 11.0. The van der Waals surface area contributed by atoms with Crippen molar-refractivity contribution in [2.45, 2.75) is 45.8 Å². The lowest BCUT2D eigenvalue weighted by atomic mass is 10.0. The first-order chi connectivity index (χ1) is 15.1. The zero-order valence-corrected chi connectivity index (χ0v) is 21.9. The van der Waals surface area contributed by atoms with Crippen LogP contribution in [-0.4, -0.2) is 48.2 Å². The van der Waals surface area contributed by atoms with Crippen LogP contribution in [0.3, 0.4) is 0 Å². The molecule has 3 N–H and O–H groups in total. The molecule has 0 atom stereocenters. The number of nitrogens with zero attached hydrogens (tertiary/aromatic N) is 2. The van der Waals surface area contributed by atoms with Crippen molar-refractivity contribution in [3.63, 3.8) is 0 Å². The highest BCUT2D eigenvalue weighted by molar-refractivity contribution is 14.0. The summed E-state index contributed by atoms with van der Waals surface area (Å²) < 4.78 is 5.47. The topological polar surface area (TPSA) is 69.1 Å². The van der Waals surface area contributed by atoms with Crippen LogP contribution in [0.25, 0.3) is 0 Å². The molecule has 0 aromatic heterocycles. The number of phenolic OH excluding ortho intramolecular Hbond substituents is 1. The van der Waals surface area contributed by atoms with Gasteiger partial charge in [0.15, 0.2) is 17.5 Å². The van der Waals surface area contributed by atoms with E-state index in [1.165, 1.54) is 5.56 Å². The van der Waals surface area contributed by atoms with Crippen molar-refractivity contribution in [1.29, 1.82) is 0 Å². The van der Waals surface area contributed by atoms with E-state index in [-0.39, 0.29) is 29.7 Å². The number of likely N-dealkylation sites (tertiary alicyclic amines) is 1. The van der Waals surface area contributed by atoms with Crippen molar-refractivity contribution < 1.29 is 9.84 Å². The van der Waals surface area contributed by atoms with Gasteiger partial charge in [-0.1, -0.05) is 29.8 Å². The van der Waals surface area contributed by atoms with E-state index in [0.29, 0.717) is 24.9 Å². The molecule has 1 saturated heterocycles. The summed E-state index contributed by atoms with van der Waals surface area (Å²) in [6.07, 6.45) is 2.15. The van der Waals surface area contributed by atoms with Crippen molar-refractivity contribution >= 4 is 41.5 Å². The number of nitrogens with one attached hydrogen (secondary N) is 2. The van der Waals surface area contributed by atoms with E-state index in [2.05, 4.69) is 34.6 Å². The summed E-state index contributed by atoms with van der Waals surface area (Å²) in [7, 11) is 0. The van der Waals surface area contributed by atoms with Crippen LogP contribution in [0, 0.1) is 0 Å². The van der Waals surface area contributed by atoms with E-state index >= 15 is 0 Å². The van der Waals surface area contributed by atoms with E-state index in [0.717, 1.165) is 55.6 Å². The number of guanidine groups is 1. The van der Waals surface area contributed by atoms with Gasteiger partial charge in [-0.3, -0.25) is 4.90 Å². The Labute approximate surface area is 213 Å². The minimum Gasteiger partial charge on any atom is -0.504 e. The number of hydrogen-bond donors (Lipinski definition) is 3. The maximum atomic E-state index is 9.88. The largest absolute Gasteiger partial charge is 0.504 e. The number of ether oxygens (including phenoxy) is 1. The molecule has 3 rings (SSSR count). The minimum absolute atomic E-state index is 0. The fourth-order valence-electron chi connectivity index (χ4n) is 3.70. The van der Waals surface area contributed by atoms with E-state index < -0.39 is 0 Å². The summed E-state index contributed by atoms with van der Waals surface area (Å²) in [5.41, 5.74) is 2.29.